The van der Waals surface area contributed by atoms with Gasteiger partial charge in [0.25, 0.3) is 0 Å². The molecule has 0 saturated carbocycles. The van der Waals surface area contributed by atoms with Gasteiger partial charge in [0, 0.05) is 23.2 Å². The van der Waals surface area contributed by atoms with Crippen molar-refractivity contribution in [2.45, 2.75) is 10.8 Å². The van der Waals surface area contributed by atoms with Crippen molar-refractivity contribution in [3.63, 3.8) is 0 Å². The minimum atomic E-state index is 0.644. The third-order valence-electron chi connectivity index (χ3n) is 1.85. The molecule has 0 fully saturated rings. The van der Waals surface area contributed by atoms with Crippen LogP contribution in [0.1, 0.15) is 5.69 Å². The number of pyridine rings is 2. The monoisotopic (exact) mass is 270 g/mol. The number of rotatable bonds is 3. The van der Waals surface area contributed by atoms with Gasteiger partial charge in [-0.3, -0.25) is 4.98 Å². The van der Waals surface area contributed by atoms with Crippen molar-refractivity contribution in [2.75, 3.05) is 0 Å². The molecule has 0 N–H and O–H groups in total. The van der Waals surface area contributed by atoms with Crippen molar-refractivity contribution in [1.29, 1.82) is 0 Å². The van der Waals surface area contributed by atoms with E-state index in [1.165, 1.54) is 0 Å². The Balaban J connectivity index is 1.99. The molecule has 0 spiro atoms. The predicted octanol–water partition coefficient (Wildman–Crippen LogP) is 4.08. The summed E-state index contributed by atoms with van der Waals surface area (Å²) in [5.74, 6) is 0.745. The van der Waals surface area contributed by atoms with Crippen molar-refractivity contribution < 1.29 is 0 Å². The molecule has 2 rings (SSSR count). The van der Waals surface area contributed by atoms with Crippen molar-refractivity contribution in [3.05, 3.63) is 52.4 Å². The highest BCUT2D eigenvalue weighted by molar-refractivity contribution is 7.98. The van der Waals surface area contributed by atoms with Crippen LogP contribution in [0.15, 0.2) is 41.7 Å². The topological polar surface area (TPSA) is 25.8 Å². The van der Waals surface area contributed by atoms with E-state index in [2.05, 4.69) is 9.97 Å². The van der Waals surface area contributed by atoms with Crippen LogP contribution in [-0.4, -0.2) is 9.97 Å². The molecule has 5 heteroatoms. The third-order valence-corrected chi connectivity index (χ3v) is 3.28. The van der Waals surface area contributed by atoms with Gasteiger partial charge in [-0.2, -0.15) is 0 Å². The Kier molecular flexibility index (Phi) is 4.04. The van der Waals surface area contributed by atoms with E-state index in [0.29, 0.717) is 10.0 Å². The lowest BCUT2D eigenvalue weighted by atomic mass is 10.4. The van der Waals surface area contributed by atoms with Gasteiger partial charge < -0.3 is 0 Å². The van der Waals surface area contributed by atoms with E-state index < -0.39 is 0 Å². The number of thioether (sulfide) groups is 1. The highest BCUT2D eigenvalue weighted by atomic mass is 35.5. The van der Waals surface area contributed by atoms with Gasteiger partial charge in [0.15, 0.2) is 0 Å². The first kappa shape index (κ1) is 11.7. The SMILES string of the molecule is Clc1ccc(SCc2cc(Cl)ccn2)nc1. The molecule has 0 aliphatic heterocycles. The molecule has 0 aliphatic rings. The van der Waals surface area contributed by atoms with Crippen LogP contribution >= 0.6 is 35.0 Å². The molecule has 2 aromatic heterocycles. The lowest BCUT2D eigenvalue weighted by Gasteiger charge is -2.01. The van der Waals surface area contributed by atoms with E-state index in [4.69, 9.17) is 23.2 Å². The Morgan fingerprint density at radius 1 is 1.06 bits per heavy atom. The maximum absolute atomic E-state index is 5.87. The van der Waals surface area contributed by atoms with Gasteiger partial charge >= 0.3 is 0 Å². The molecule has 0 amide bonds. The highest BCUT2D eigenvalue weighted by Gasteiger charge is 1.99. The molecule has 0 radical (unpaired) electrons. The molecular weight excluding hydrogens is 263 g/mol. The van der Waals surface area contributed by atoms with E-state index >= 15 is 0 Å². The molecule has 2 nitrogen and oxygen atoms in total. The molecule has 0 aliphatic carbocycles. The Hall–Kier alpha value is -0.770. The molecule has 0 unspecified atom stereocenters. The van der Waals surface area contributed by atoms with Crippen molar-refractivity contribution in [1.82, 2.24) is 9.97 Å². The zero-order valence-electron chi connectivity index (χ0n) is 8.23. The molecule has 0 atom stereocenters. The first-order valence-electron chi connectivity index (χ1n) is 4.59. The van der Waals surface area contributed by atoms with Gasteiger partial charge in [-0.05, 0) is 24.3 Å². The van der Waals surface area contributed by atoms with Gasteiger partial charge in [0.05, 0.1) is 15.7 Å². The van der Waals surface area contributed by atoms with Gasteiger partial charge in [-0.15, -0.1) is 11.8 Å². The molecule has 0 aromatic carbocycles. The lowest BCUT2D eigenvalue weighted by Crippen LogP contribution is -1.86. The number of aromatic nitrogens is 2. The summed E-state index contributed by atoms with van der Waals surface area (Å²) < 4.78 is 0. The maximum atomic E-state index is 5.87. The molecule has 2 heterocycles. The fourth-order valence-electron chi connectivity index (χ4n) is 1.12. The summed E-state index contributed by atoms with van der Waals surface area (Å²) in [5, 5.41) is 2.27. The van der Waals surface area contributed by atoms with Crippen molar-refractivity contribution >= 4 is 35.0 Å². The second-order valence-electron chi connectivity index (χ2n) is 3.07. The average molecular weight is 271 g/mol. The van der Waals surface area contributed by atoms with Gasteiger partial charge in [0.2, 0.25) is 0 Å². The number of hydrogen-bond acceptors (Lipinski definition) is 3. The summed E-state index contributed by atoms with van der Waals surface area (Å²) in [6.45, 7) is 0. The second kappa shape index (κ2) is 5.53. The number of halogens is 2. The summed E-state index contributed by atoms with van der Waals surface area (Å²) >= 11 is 13.2. The minimum Gasteiger partial charge on any atom is -0.260 e. The van der Waals surface area contributed by atoms with Gasteiger partial charge in [-0.25, -0.2) is 4.98 Å². The zero-order chi connectivity index (χ0) is 11.4. The first-order valence-corrected chi connectivity index (χ1v) is 6.33. The smallest absolute Gasteiger partial charge is 0.0964 e. The summed E-state index contributed by atoms with van der Waals surface area (Å²) in [7, 11) is 0. The molecule has 82 valence electrons. The van der Waals surface area contributed by atoms with E-state index in [-0.39, 0.29) is 0 Å². The fraction of sp³-hybridized carbons (Fsp3) is 0.0909. The lowest BCUT2D eigenvalue weighted by molar-refractivity contribution is 1.12. The number of nitrogens with zero attached hydrogens (tertiary/aromatic N) is 2. The standard InChI is InChI=1S/C11H8Cl2N2S/c12-8-3-4-14-10(5-8)7-16-11-2-1-9(13)6-15-11/h1-6H,7H2. The van der Waals surface area contributed by atoms with Crippen LogP contribution in [0.3, 0.4) is 0 Å². The van der Waals surface area contributed by atoms with E-state index in [0.717, 1.165) is 16.5 Å². The van der Waals surface area contributed by atoms with Crippen LogP contribution in [0.25, 0.3) is 0 Å². The van der Waals surface area contributed by atoms with Crippen LogP contribution in [0.2, 0.25) is 10.0 Å². The molecule has 0 saturated heterocycles. The Labute approximate surface area is 108 Å². The quantitative estimate of drug-likeness (QED) is 0.787. The number of hydrogen-bond donors (Lipinski definition) is 0. The first-order chi connectivity index (χ1) is 7.74. The largest absolute Gasteiger partial charge is 0.260 e. The predicted molar refractivity (Wildman–Crippen MR) is 68.1 cm³/mol. The maximum Gasteiger partial charge on any atom is 0.0964 e. The summed E-state index contributed by atoms with van der Waals surface area (Å²) in [6.07, 6.45) is 3.34. The Morgan fingerprint density at radius 3 is 2.62 bits per heavy atom. The van der Waals surface area contributed by atoms with Crippen LogP contribution in [0.5, 0.6) is 0 Å². The fourth-order valence-corrected chi connectivity index (χ4v) is 2.16. The summed E-state index contributed by atoms with van der Waals surface area (Å²) in [4.78, 5) is 8.40. The minimum absolute atomic E-state index is 0.644. The van der Waals surface area contributed by atoms with Crippen LogP contribution in [-0.2, 0) is 5.75 Å². The third kappa shape index (κ3) is 3.37. The molecule has 2 aromatic rings. The van der Waals surface area contributed by atoms with E-state index in [1.54, 1.807) is 30.2 Å². The van der Waals surface area contributed by atoms with Gasteiger partial charge in [-0.1, -0.05) is 23.2 Å². The van der Waals surface area contributed by atoms with Crippen molar-refractivity contribution in [2.24, 2.45) is 0 Å². The van der Waals surface area contributed by atoms with Crippen LogP contribution < -0.4 is 0 Å². The normalized spacial score (nSPS) is 10.4. The van der Waals surface area contributed by atoms with Crippen molar-refractivity contribution in [3.8, 4) is 0 Å². The summed E-state index contributed by atoms with van der Waals surface area (Å²) in [6, 6.07) is 7.32. The Bertz CT molecular complexity index is 474. The van der Waals surface area contributed by atoms with Crippen LogP contribution in [0, 0.1) is 0 Å². The second-order valence-corrected chi connectivity index (χ2v) is 4.94. The van der Waals surface area contributed by atoms with Crippen LogP contribution in [0.4, 0.5) is 0 Å². The van der Waals surface area contributed by atoms with E-state index in [9.17, 15) is 0 Å². The molecular formula is C11H8Cl2N2S. The summed E-state index contributed by atoms with van der Waals surface area (Å²) in [5.41, 5.74) is 0.939. The highest BCUT2D eigenvalue weighted by Crippen LogP contribution is 2.21. The van der Waals surface area contributed by atoms with E-state index in [1.807, 2.05) is 18.2 Å². The average Bonchev–Trinajstić information content (AvgIpc) is 2.28. The van der Waals surface area contributed by atoms with Gasteiger partial charge in [0.1, 0.15) is 0 Å². The zero-order valence-corrected chi connectivity index (χ0v) is 10.6. The molecule has 16 heavy (non-hydrogen) atoms. The Morgan fingerprint density at radius 2 is 1.94 bits per heavy atom. The molecule has 0 bridgehead atoms.